The van der Waals surface area contributed by atoms with Gasteiger partial charge in [0, 0.05) is 15.6 Å². The molecule has 1 heterocycles. The van der Waals surface area contributed by atoms with E-state index in [0.717, 1.165) is 12.3 Å². The van der Waals surface area contributed by atoms with Gasteiger partial charge in [0.25, 0.3) is 0 Å². The van der Waals surface area contributed by atoms with E-state index in [9.17, 15) is 0 Å². The van der Waals surface area contributed by atoms with E-state index in [1.54, 1.807) is 0 Å². The molecule has 0 N–H and O–H groups in total. The van der Waals surface area contributed by atoms with Crippen molar-refractivity contribution in [3.63, 3.8) is 0 Å². The lowest BCUT2D eigenvalue weighted by Crippen LogP contribution is -2.17. The molecule has 0 spiro atoms. The van der Waals surface area contributed by atoms with Gasteiger partial charge in [0.1, 0.15) is 0 Å². The first-order valence-corrected chi connectivity index (χ1v) is 5.96. The van der Waals surface area contributed by atoms with Crippen molar-refractivity contribution in [3.8, 4) is 0 Å². The van der Waals surface area contributed by atoms with Gasteiger partial charge >= 0.3 is 0 Å². The largest absolute Gasteiger partial charge is 0.146 e. The van der Waals surface area contributed by atoms with E-state index in [1.165, 1.54) is 15.3 Å². The first-order chi connectivity index (χ1) is 5.97. The van der Waals surface area contributed by atoms with Gasteiger partial charge in [0.2, 0.25) is 0 Å². The summed E-state index contributed by atoms with van der Waals surface area (Å²) in [5, 5.41) is 0. The molecule has 1 aromatic heterocycles. The Morgan fingerprint density at radius 2 is 2.00 bits per heavy atom. The van der Waals surface area contributed by atoms with Crippen LogP contribution in [0.5, 0.6) is 0 Å². The molecule has 0 unspecified atom stereocenters. The molecular formula is C11H17ClS. The highest BCUT2D eigenvalue weighted by atomic mass is 35.5. The quantitative estimate of drug-likeness (QED) is 0.662. The van der Waals surface area contributed by atoms with Crippen molar-refractivity contribution in [2.75, 3.05) is 5.88 Å². The molecule has 0 amide bonds. The molecule has 74 valence electrons. The molecule has 0 radical (unpaired) electrons. The summed E-state index contributed by atoms with van der Waals surface area (Å²) < 4.78 is 0. The fourth-order valence-electron chi connectivity index (χ4n) is 1.67. The SMILES string of the molecule is Cc1cc(C(C)(C)CCCl)c(C)s1. The lowest BCUT2D eigenvalue weighted by Gasteiger charge is -2.23. The van der Waals surface area contributed by atoms with Crippen molar-refractivity contribution >= 4 is 22.9 Å². The molecule has 0 aliphatic heterocycles. The van der Waals surface area contributed by atoms with Crippen molar-refractivity contribution in [2.45, 2.75) is 39.5 Å². The molecule has 1 rings (SSSR count). The molecule has 2 heteroatoms. The second-order valence-electron chi connectivity index (χ2n) is 4.15. The van der Waals surface area contributed by atoms with Crippen LogP contribution in [0.2, 0.25) is 0 Å². The highest BCUT2D eigenvalue weighted by Crippen LogP contribution is 2.34. The van der Waals surface area contributed by atoms with E-state index >= 15 is 0 Å². The van der Waals surface area contributed by atoms with Gasteiger partial charge in [-0.15, -0.1) is 22.9 Å². The second kappa shape index (κ2) is 4.02. The minimum Gasteiger partial charge on any atom is -0.146 e. The molecule has 13 heavy (non-hydrogen) atoms. The Morgan fingerprint density at radius 1 is 1.38 bits per heavy atom. The molecule has 0 bridgehead atoms. The van der Waals surface area contributed by atoms with E-state index in [2.05, 4.69) is 33.8 Å². The maximum atomic E-state index is 5.80. The number of thiophene rings is 1. The Hall–Kier alpha value is -0.0100. The minimum atomic E-state index is 0.233. The average Bonchev–Trinajstić information content (AvgIpc) is 2.30. The fourth-order valence-corrected chi connectivity index (χ4v) is 3.25. The third-order valence-electron chi connectivity index (χ3n) is 2.49. The zero-order chi connectivity index (χ0) is 10.1. The zero-order valence-corrected chi connectivity index (χ0v) is 10.4. The van der Waals surface area contributed by atoms with Crippen LogP contribution in [-0.2, 0) is 5.41 Å². The van der Waals surface area contributed by atoms with Gasteiger partial charge in [-0.2, -0.15) is 0 Å². The molecule has 0 fully saturated rings. The van der Waals surface area contributed by atoms with E-state index in [4.69, 9.17) is 11.6 Å². The summed E-state index contributed by atoms with van der Waals surface area (Å²) in [7, 11) is 0. The van der Waals surface area contributed by atoms with Crippen molar-refractivity contribution in [2.24, 2.45) is 0 Å². The van der Waals surface area contributed by atoms with Gasteiger partial charge < -0.3 is 0 Å². The smallest absolute Gasteiger partial charge is 0.0231 e. The molecule has 0 saturated heterocycles. The highest BCUT2D eigenvalue weighted by molar-refractivity contribution is 7.12. The number of hydrogen-bond acceptors (Lipinski definition) is 1. The van der Waals surface area contributed by atoms with Crippen molar-refractivity contribution in [1.82, 2.24) is 0 Å². The minimum absolute atomic E-state index is 0.233. The van der Waals surface area contributed by atoms with Crippen LogP contribution in [0, 0.1) is 13.8 Å². The van der Waals surface area contributed by atoms with Gasteiger partial charge in [-0.1, -0.05) is 13.8 Å². The first kappa shape index (κ1) is 11.1. The lowest BCUT2D eigenvalue weighted by atomic mass is 9.82. The standard InChI is InChI=1S/C11H17ClS/c1-8-7-10(9(2)13-8)11(3,4)5-6-12/h7H,5-6H2,1-4H3. The van der Waals surface area contributed by atoms with Crippen molar-refractivity contribution < 1.29 is 0 Å². The Bertz CT molecular complexity index is 286. The van der Waals surface area contributed by atoms with Crippen LogP contribution < -0.4 is 0 Å². The van der Waals surface area contributed by atoms with E-state index < -0.39 is 0 Å². The Balaban J connectivity index is 2.98. The van der Waals surface area contributed by atoms with E-state index in [1.807, 2.05) is 11.3 Å². The fraction of sp³-hybridized carbons (Fsp3) is 0.636. The number of aryl methyl sites for hydroxylation is 2. The van der Waals surface area contributed by atoms with Crippen LogP contribution in [0.1, 0.15) is 35.6 Å². The number of halogens is 1. The normalized spacial score (nSPS) is 12.1. The topological polar surface area (TPSA) is 0 Å². The zero-order valence-electron chi connectivity index (χ0n) is 8.78. The Kier molecular flexibility index (Phi) is 3.42. The molecule has 0 nitrogen and oxygen atoms in total. The Labute approximate surface area is 89.9 Å². The summed E-state index contributed by atoms with van der Waals surface area (Å²) >= 11 is 7.68. The van der Waals surface area contributed by atoms with Crippen LogP contribution in [0.4, 0.5) is 0 Å². The molecule has 1 aromatic rings. The summed E-state index contributed by atoms with van der Waals surface area (Å²) in [4.78, 5) is 2.84. The van der Waals surface area contributed by atoms with Gasteiger partial charge in [-0.3, -0.25) is 0 Å². The summed E-state index contributed by atoms with van der Waals surface area (Å²) in [6, 6.07) is 2.30. The molecule has 0 aliphatic carbocycles. The van der Waals surface area contributed by atoms with Gasteiger partial charge in [0.15, 0.2) is 0 Å². The van der Waals surface area contributed by atoms with Gasteiger partial charge in [0.05, 0.1) is 0 Å². The maximum Gasteiger partial charge on any atom is 0.0231 e. The van der Waals surface area contributed by atoms with Gasteiger partial charge in [-0.05, 0) is 37.3 Å². The summed E-state index contributed by atoms with van der Waals surface area (Å²) in [5.41, 5.74) is 1.70. The molecular weight excluding hydrogens is 200 g/mol. The Morgan fingerprint density at radius 3 is 2.38 bits per heavy atom. The van der Waals surface area contributed by atoms with Gasteiger partial charge in [-0.25, -0.2) is 0 Å². The predicted molar refractivity (Wildman–Crippen MR) is 62.2 cm³/mol. The summed E-state index contributed by atoms with van der Waals surface area (Å²) in [5.74, 6) is 0.737. The second-order valence-corrected chi connectivity index (χ2v) is 5.99. The lowest BCUT2D eigenvalue weighted by molar-refractivity contribution is 0.508. The third kappa shape index (κ3) is 2.47. The van der Waals surface area contributed by atoms with E-state index in [-0.39, 0.29) is 5.41 Å². The van der Waals surface area contributed by atoms with Crippen LogP contribution in [-0.4, -0.2) is 5.88 Å². The van der Waals surface area contributed by atoms with Crippen molar-refractivity contribution in [3.05, 3.63) is 21.4 Å². The van der Waals surface area contributed by atoms with Crippen LogP contribution in [0.15, 0.2) is 6.07 Å². The van der Waals surface area contributed by atoms with Crippen LogP contribution >= 0.6 is 22.9 Å². The number of alkyl halides is 1. The van der Waals surface area contributed by atoms with Crippen LogP contribution in [0.25, 0.3) is 0 Å². The third-order valence-corrected chi connectivity index (χ3v) is 3.64. The first-order valence-electron chi connectivity index (χ1n) is 4.61. The predicted octanol–water partition coefficient (Wildman–Crippen LogP) is 4.27. The van der Waals surface area contributed by atoms with Crippen LogP contribution in [0.3, 0.4) is 0 Å². The summed E-state index contributed by atoms with van der Waals surface area (Å²) in [6.45, 7) is 8.90. The average molecular weight is 217 g/mol. The monoisotopic (exact) mass is 216 g/mol. The molecule has 0 aliphatic rings. The molecule has 0 aromatic carbocycles. The molecule has 0 atom stereocenters. The highest BCUT2D eigenvalue weighted by Gasteiger charge is 2.23. The van der Waals surface area contributed by atoms with E-state index in [0.29, 0.717) is 0 Å². The maximum absolute atomic E-state index is 5.80. The van der Waals surface area contributed by atoms with Crippen molar-refractivity contribution in [1.29, 1.82) is 0 Å². The number of rotatable bonds is 3. The number of hydrogen-bond donors (Lipinski definition) is 0. The summed E-state index contributed by atoms with van der Waals surface area (Å²) in [6.07, 6.45) is 1.05. The molecule has 0 saturated carbocycles.